The molecule has 94 valence electrons. The van der Waals surface area contributed by atoms with Crippen molar-refractivity contribution in [2.75, 3.05) is 21.2 Å². The van der Waals surface area contributed by atoms with E-state index in [0.29, 0.717) is 6.04 Å². The van der Waals surface area contributed by atoms with Crippen molar-refractivity contribution in [2.24, 2.45) is 5.92 Å². The fourth-order valence-corrected chi connectivity index (χ4v) is 2.67. The fraction of sp³-hybridized carbons (Fsp3) is 0.600. The molecule has 0 fully saturated rings. The molecule has 0 saturated carbocycles. The summed E-state index contributed by atoms with van der Waals surface area (Å²) >= 11 is 0. The van der Waals surface area contributed by atoms with Crippen LogP contribution in [0.4, 0.5) is 0 Å². The van der Waals surface area contributed by atoms with Crippen LogP contribution in [0.5, 0.6) is 5.75 Å². The second-order valence-corrected chi connectivity index (χ2v) is 5.46. The zero-order chi connectivity index (χ0) is 12.4. The largest absolute Gasteiger partial charge is 0.497 e. The predicted molar refractivity (Wildman–Crippen MR) is 71.7 cm³/mol. The Hall–Kier alpha value is -1.02. The monoisotopic (exact) mass is 233 g/mol. The average molecular weight is 233 g/mol. The van der Waals surface area contributed by atoms with Gasteiger partial charge in [0.1, 0.15) is 5.75 Å². The topological polar surface area (TPSA) is 12.5 Å². The molecular weight excluding hydrogens is 210 g/mol. The van der Waals surface area contributed by atoms with Crippen LogP contribution < -0.4 is 4.74 Å². The Labute approximate surface area is 105 Å². The van der Waals surface area contributed by atoms with E-state index in [9.17, 15) is 0 Å². The van der Waals surface area contributed by atoms with Gasteiger partial charge in [0.05, 0.1) is 7.11 Å². The molecule has 2 rings (SSSR count). The van der Waals surface area contributed by atoms with Gasteiger partial charge >= 0.3 is 0 Å². The van der Waals surface area contributed by atoms with Crippen molar-refractivity contribution in [3.05, 3.63) is 29.3 Å². The van der Waals surface area contributed by atoms with Crippen molar-refractivity contribution in [2.45, 2.75) is 32.2 Å². The first-order chi connectivity index (χ1) is 8.10. The Morgan fingerprint density at radius 3 is 2.65 bits per heavy atom. The summed E-state index contributed by atoms with van der Waals surface area (Å²) in [5.74, 6) is 1.79. The van der Waals surface area contributed by atoms with E-state index in [1.807, 2.05) is 0 Å². The van der Waals surface area contributed by atoms with E-state index in [4.69, 9.17) is 4.74 Å². The van der Waals surface area contributed by atoms with Crippen LogP contribution >= 0.6 is 0 Å². The molecule has 0 N–H and O–H groups in total. The van der Waals surface area contributed by atoms with Gasteiger partial charge in [0.25, 0.3) is 0 Å². The van der Waals surface area contributed by atoms with Gasteiger partial charge in [0, 0.05) is 6.04 Å². The number of methoxy groups -OCH3 is 1. The second-order valence-electron chi connectivity index (χ2n) is 5.46. The normalized spacial score (nSPS) is 20.4. The van der Waals surface area contributed by atoms with E-state index in [2.05, 4.69) is 44.1 Å². The van der Waals surface area contributed by atoms with Crippen LogP contribution in [0.15, 0.2) is 18.2 Å². The minimum Gasteiger partial charge on any atom is -0.497 e. The summed E-state index contributed by atoms with van der Waals surface area (Å²) in [4.78, 5) is 2.31. The van der Waals surface area contributed by atoms with Gasteiger partial charge in [-0.05, 0) is 69.5 Å². The van der Waals surface area contributed by atoms with Crippen LogP contribution in [0.2, 0.25) is 0 Å². The number of benzene rings is 1. The van der Waals surface area contributed by atoms with Crippen LogP contribution in [0.25, 0.3) is 0 Å². The molecule has 0 heterocycles. The molecule has 17 heavy (non-hydrogen) atoms. The molecule has 2 atom stereocenters. The SMILES string of the molecule is COc1ccc2c(c1)CC(CC(C)N(C)C)C2. The Morgan fingerprint density at radius 2 is 2.00 bits per heavy atom. The van der Waals surface area contributed by atoms with Gasteiger partial charge in [-0.3, -0.25) is 0 Å². The highest BCUT2D eigenvalue weighted by Crippen LogP contribution is 2.32. The van der Waals surface area contributed by atoms with Crippen LogP contribution in [0.3, 0.4) is 0 Å². The number of nitrogens with zero attached hydrogens (tertiary/aromatic N) is 1. The van der Waals surface area contributed by atoms with E-state index in [1.54, 1.807) is 7.11 Å². The highest BCUT2D eigenvalue weighted by atomic mass is 16.5. The van der Waals surface area contributed by atoms with E-state index in [-0.39, 0.29) is 0 Å². The molecule has 1 aliphatic rings. The molecular formula is C15H23NO. The third-order valence-corrected chi connectivity index (χ3v) is 3.99. The standard InChI is InChI=1S/C15H23NO/c1-11(16(2)3)7-12-8-13-5-6-15(17-4)10-14(13)9-12/h5-6,10-12H,7-9H2,1-4H3. The van der Waals surface area contributed by atoms with Gasteiger partial charge in [-0.25, -0.2) is 0 Å². The van der Waals surface area contributed by atoms with Crippen molar-refractivity contribution in [3.63, 3.8) is 0 Å². The Morgan fingerprint density at radius 1 is 1.29 bits per heavy atom. The predicted octanol–water partition coefficient (Wildman–Crippen LogP) is 2.75. The lowest BCUT2D eigenvalue weighted by atomic mass is 9.97. The van der Waals surface area contributed by atoms with Gasteiger partial charge in [-0.2, -0.15) is 0 Å². The molecule has 0 aliphatic heterocycles. The summed E-state index contributed by atoms with van der Waals surface area (Å²) in [5, 5.41) is 0. The number of hydrogen-bond acceptors (Lipinski definition) is 2. The lowest BCUT2D eigenvalue weighted by molar-refractivity contribution is 0.264. The highest BCUT2D eigenvalue weighted by molar-refractivity contribution is 5.39. The third-order valence-electron chi connectivity index (χ3n) is 3.99. The summed E-state index contributed by atoms with van der Waals surface area (Å²) in [6.45, 7) is 2.31. The minimum atomic E-state index is 0.663. The van der Waals surface area contributed by atoms with Gasteiger partial charge in [-0.15, -0.1) is 0 Å². The van der Waals surface area contributed by atoms with E-state index < -0.39 is 0 Å². The number of hydrogen-bond donors (Lipinski definition) is 0. The fourth-order valence-electron chi connectivity index (χ4n) is 2.67. The maximum absolute atomic E-state index is 5.29. The third kappa shape index (κ3) is 2.81. The van der Waals surface area contributed by atoms with Gasteiger partial charge in [-0.1, -0.05) is 6.07 Å². The first kappa shape index (κ1) is 12.4. The maximum atomic E-state index is 5.29. The van der Waals surface area contributed by atoms with Gasteiger partial charge in [0.15, 0.2) is 0 Å². The van der Waals surface area contributed by atoms with Gasteiger partial charge < -0.3 is 9.64 Å². The van der Waals surface area contributed by atoms with Crippen LogP contribution in [-0.4, -0.2) is 32.1 Å². The second kappa shape index (κ2) is 5.09. The van der Waals surface area contributed by atoms with E-state index >= 15 is 0 Å². The van der Waals surface area contributed by atoms with E-state index in [1.165, 1.54) is 30.4 Å². The summed E-state index contributed by atoms with van der Waals surface area (Å²) in [5.41, 5.74) is 3.00. The zero-order valence-corrected chi connectivity index (χ0v) is 11.4. The summed E-state index contributed by atoms with van der Waals surface area (Å²) < 4.78 is 5.29. The molecule has 0 saturated heterocycles. The van der Waals surface area contributed by atoms with Crippen molar-refractivity contribution in [3.8, 4) is 5.75 Å². The molecule has 1 aromatic rings. The Bertz CT molecular complexity index is 387. The molecule has 0 amide bonds. The average Bonchev–Trinajstić information content (AvgIpc) is 2.69. The minimum absolute atomic E-state index is 0.663. The molecule has 1 aliphatic carbocycles. The summed E-state index contributed by atoms with van der Waals surface area (Å²) in [7, 11) is 6.06. The molecule has 0 spiro atoms. The van der Waals surface area contributed by atoms with Crippen LogP contribution in [-0.2, 0) is 12.8 Å². The number of rotatable bonds is 4. The van der Waals surface area contributed by atoms with Crippen LogP contribution in [0, 0.1) is 5.92 Å². The highest BCUT2D eigenvalue weighted by Gasteiger charge is 2.23. The smallest absolute Gasteiger partial charge is 0.119 e. The van der Waals surface area contributed by atoms with Crippen molar-refractivity contribution in [1.29, 1.82) is 0 Å². The molecule has 0 aromatic heterocycles. The summed E-state index contributed by atoms with van der Waals surface area (Å²) in [6, 6.07) is 7.18. The summed E-state index contributed by atoms with van der Waals surface area (Å²) in [6.07, 6.45) is 3.73. The quantitative estimate of drug-likeness (QED) is 0.793. The Balaban J connectivity index is 2.01. The molecule has 0 bridgehead atoms. The molecule has 2 nitrogen and oxygen atoms in total. The van der Waals surface area contributed by atoms with Crippen molar-refractivity contribution in [1.82, 2.24) is 4.90 Å². The lowest BCUT2D eigenvalue weighted by Gasteiger charge is -2.22. The first-order valence-corrected chi connectivity index (χ1v) is 6.42. The number of fused-ring (bicyclic) bond motifs is 1. The molecule has 1 aromatic carbocycles. The lowest BCUT2D eigenvalue weighted by Crippen LogP contribution is -2.27. The molecule has 0 radical (unpaired) electrons. The van der Waals surface area contributed by atoms with Gasteiger partial charge in [0.2, 0.25) is 0 Å². The van der Waals surface area contributed by atoms with E-state index in [0.717, 1.165) is 11.7 Å². The first-order valence-electron chi connectivity index (χ1n) is 6.42. The van der Waals surface area contributed by atoms with Crippen LogP contribution in [0.1, 0.15) is 24.5 Å². The molecule has 2 unspecified atom stereocenters. The number of ether oxygens (including phenoxy) is 1. The zero-order valence-electron chi connectivity index (χ0n) is 11.4. The van der Waals surface area contributed by atoms with Crippen molar-refractivity contribution < 1.29 is 4.74 Å². The molecule has 2 heteroatoms. The van der Waals surface area contributed by atoms with Crippen molar-refractivity contribution >= 4 is 0 Å². The Kier molecular flexibility index (Phi) is 3.72. The maximum Gasteiger partial charge on any atom is 0.119 e.